The molecule has 0 unspecified atom stereocenters. The average molecular weight is 289 g/mol. The number of hydrogen-bond donors (Lipinski definition) is 0. The number of rotatable bonds is 7. The van der Waals surface area contributed by atoms with Crippen LogP contribution in [0.4, 0.5) is 0 Å². The molecular weight excluding hydrogens is 270 g/mol. The van der Waals surface area contributed by atoms with Crippen molar-refractivity contribution in [3.8, 4) is 6.07 Å². The molecule has 0 bridgehead atoms. The van der Waals surface area contributed by atoms with E-state index in [2.05, 4.69) is 6.07 Å². The molecular formula is C16H19NO4. The summed E-state index contributed by atoms with van der Waals surface area (Å²) in [6.07, 6.45) is 0.787. The Morgan fingerprint density at radius 1 is 1.14 bits per heavy atom. The fraction of sp³-hybridized carbons (Fsp3) is 0.438. The summed E-state index contributed by atoms with van der Waals surface area (Å²) in [5, 5.41) is 9.09. The Hall–Kier alpha value is -2.35. The highest BCUT2D eigenvalue weighted by Crippen LogP contribution is 2.15. The van der Waals surface area contributed by atoms with E-state index in [1.165, 1.54) is 0 Å². The molecule has 0 fully saturated rings. The van der Waals surface area contributed by atoms with Crippen molar-refractivity contribution in [3.63, 3.8) is 0 Å². The SMILES string of the molecule is CCOC(=O)CCc1cc(CC(=O)OCC)ccc1C#N. The Morgan fingerprint density at radius 2 is 1.81 bits per heavy atom. The molecule has 0 N–H and O–H groups in total. The van der Waals surface area contributed by atoms with Crippen molar-refractivity contribution in [2.75, 3.05) is 13.2 Å². The third-order valence-electron chi connectivity index (χ3n) is 2.85. The highest BCUT2D eigenvalue weighted by atomic mass is 16.5. The fourth-order valence-corrected chi connectivity index (χ4v) is 1.92. The predicted octanol–water partition coefficient (Wildman–Crippen LogP) is 2.16. The third-order valence-corrected chi connectivity index (χ3v) is 2.85. The van der Waals surface area contributed by atoms with E-state index in [-0.39, 0.29) is 24.8 Å². The van der Waals surface area contributed by atoms with Crippen LogP contribution in [0.1, 0.15) is 37.0 Å². The minimum absolute atomic E-state index is 0.159. The molecule has 1 aromatic rings. The maximum absolute atomic E-state index is 11.5. The number of nitriles is 1. The average Bonchev–Trinajstić information content (AvgIpc) is 2.46. The minimum Gasteiger partial charge on any atom is -0.466 e. The zero-order valence-electron chi connectivity index (χ0n) is 12.3. The largest absolute Gasteiger partial charge is 0.466 e. The van der Waals surface area contributed by atoms with Crippen LogP contribution in [-0.2, 0) is 31.9 Å². The van der Waals surface area contributed by atoms with Crippen LogP contribution in [-0.4, -0.2) is 25.2 Å². The van der Waals surface area contributed by atoms with Crippen molar-refractivity contribution in [1.82, 2.24) is 0 Å². The smallest absolute Gasteiger partial charge is 0.310 e. The number of esters is 2. The third kappa shape index (κ3) is 5.65. The van der Waals surface area contributed by atoms with Gasteiger partial charge in [0.15, 0.2) is 0 Å². The zero-order valence-corrected chi connectivity index (χ0v) is 12.3. The first-order valence-corrected chi connectivity index (χ1v) is 6.93. The van der Waals surface area contributed by atoms with Crippen LogP contribution >= 0.6 is 0 Å². The Bertz CT molecular complexity index is 546. The molecule has 0 spiro atoms. The first kappa shape index (κ1) is 16.7. The monoisotopic (exact) mass is 289 g/mol. The van der Waals surface area contributed by atoms with Gasteiger partial charge < -0.3 is 9.47 Å². The summed E-state index contributed by atoms with van der Waals surface area (Å²) in [5.74, 6) is -0.601. The van der Waals surface area contributed by atoms with E-state index >= 15 is 0 Å². The molecule has 0 atom stereocenters. The summed E-state index contributed by atoms with van der Waals surface area (Å²) in [4.78, 5) is 22.9. The molecule has 0 aliphatic carbocycles. The second-order valence-corrected chi connectivity index (χ2v) is 4.39. The maximum Gasteiger partial charge on any atom is 0.310 e. The van der Waals surface area contributed by atoms with Crippen molar-refractivity contribution in [2.24, 2.45) is 0 Å². The highest BCUT2D eigenvalue weighted by molar-refractivity contribution is 5.73. The summed E-state index contributed by atoms with van der Waals surface area (Å²) in [5.41, 5.74) is 2.02. The van der Waals surface area contributed by atoms with Gasteiger partial charge in [-0.2, -0.15) is 5.26 Å². The van der Waals surface area contributed by atoms with Gasteiger partial charge in [0.25, 0.3) is 0 Å². The molecule has 112 valence electrons. The number of aryl methyl sites for hydroxylation is 1. The number of carbonyl (C=O) groups excluding carboxylic acids is 2. The van der Waals surface area contributed by atoms with Gasteiger partial charge in [-0.25, -0.2) is 0 Å². The van der Waals surface area contributed by atoms with E-state index < -0.39 is 0 Å². The molecule has 21 heavy (non-hydrogen) atoms. The highest BCUT2D eigenvalue weighted by Gasteiger charge is 2.10. The van der Waals surface area contributed by atoms with E-state index in [4.69, 9.17) is 14.7 Å². The van der Waals surface area contributed by atoms with Crippen molar-refractivity contribution >= 4 is 11.9 Å². The van der Waals surface area contributed by atoms with E-state index in [9.17, 15) is 9.59 Å². The van der Waals surface area contributed by atoms with Gasteiger partial charge in [0.05, 0.1) is 31.3 Å². The second kappa shape index (κ2) is 8.75. The molecule has 1 rings (SSSR count). The zero-order chi connectivity index (χ0) is 15.7. The molecule has 0 aromatic heterocycles. The predicted molar refractivity (Wildman–Crippen MR) is 76.4 cm³/mol. The lowest BCUT2D eigenvalue weighted by Crippen LogP contribution is -2.09. The molecule has 0 saturated heterocycles. The number of carbonyl (C=O) groups is 2. The van der Waals surface area contributed by atoms with E-state index in [0.29, 0.717) is 25.2 Å². The number of benzene rings is 1. The summed E-state index contributed by atoms with van der Waals surface area (Å²) in [6, 6.07) is 7.25. The van der Waals surface area contributed by atoms with E-state index in [1.54, 1.807) is 32.0 Å². The van der Waals surface area contributed by atoms with Crippen molar-refractivity contribution in [2.45, 2.75) is 33.1 Å². The lowest BCUT2D eigenvalue weighted by atomic mass is 9.99. The van der Waals surface area contributed by atoms with Crippen LogP contribution in [0.25, 0.3) is 0 Å². The first-order chi connectivity index (χ1) is 10.1. The van der Waals surface area contributed by atoms with E-state index in [0.717, 1.165) is 11.1 Å². The molecule has 0 radical (unpaired) electrons. The molecule has 0 heterocycles. The molecule has 0 aliphatic rings. The van der Waals surface area contributed by atoms with E-state index in [1.807, 2.05) is 0 Å². The lowest BCUT2D eigenvalue weighted by Gasteiger charge is -2.07. The summed E-state index contributed by atoms with van der Waals surface area (Å²) < 4.78 is 9.76. The quantitative estimate of drug-likeness (QED) is 0.719. The van der Waals surface area contributed by atoms with Crippen molar-refractivity contribution < 1.29 is 19.1 Å². The van der Waals surface area contributed by atoms with Gasteiger partial charge in [-0.3, -0.25) is 9.59 Å². The Kier molecular flexibility index (Phi) is 6.96. The number of nitrogens with zero attached hydrogens (tertiary/aromatic N) is 1. The molecule has 0 amide bonds. The topological polar surface area (TPSA) is 76.4 Å². The van der Waals surface area contributed by atoms with Crippen molar-refractivity contribution in [1.29, 1.82) is 5.26 Å². The maximum atomic E-state index is 11.5. The Balaban J connectivity index is 2.78. The molecule has 0 saturated carbocycles. The number of hydrogen-bond acceptors (Lipinski definition) is 5. The van der Waals surface area contributed by atoms with Crippen LogP contribution in [0, 0.1) is 11.3 Å². The lowest BCUT2D eigenvalue weighted by molar-refractivity contribution is -0.143. The molecule has 5 nitrogen and oxygen atoms in total. The van der Waals surface area contributed by atoms with Gasteiger partial charge in [0, 0.05) is 6.42 Å². The Labute approximate surface area is 124 Å². The Morgan fingerprint density at radius 3 is 2.43 bits per heavy atom. The fourth-order valence-electron chi connectivity index (χ4n) is 1.92. The van der Waals surface area contributed by atoms with Gasteiger partial charge >= 0.3 is 11.9 Å². The van der Waals surface area contributed by atoms with Gasteiger partial charge in [-0.1, -0.05) is 12.1 Å². The minimum atomic E-state index is -0.307. The standard InChI is InChI=1S/C16H19NO4/c1-3-20-15(18)8-7-13-9-12(5-6-14(13)11-17)10-16(19)21-4-2/h5-6,9H,3-4,7-8,10H2,1-2H3. The second-order valence-electron chi connectivity index (χ2n) is 4.39. The number of ether oxygens (including phenoxy) is 2. The molecule has 0 aliphatic heterocycles. The van der Waals surface area contributed by atoms with Gasteiger partial charge in [0.1, 0.15) is 0 Å². The van der Waals surface area contributed by atoms with Crippen LogP contribution < -0.4 is 0 Å². The van der Waals surface area contributed by atoms with Crippen LogP contribution in [0.15, 0.2) is 18.2 Å². The first-order valence-electron chi connectivity index (χ1n) is 6.93. The van der Waals surface area contributed by atoms with Crippen molar-refractivity contribution in [3.05, 3.63) is 34.9 Å². The van der Waals surface area contributed by atoms with Gasteiger partial charge in [-0.05, 0) is 37.5 Å². The van der Waals surface area contributed by atoms with Crippen LogP contribution in [0.3, 0.4) is 0 Å². The molecule has 1 aromatic carbocycles. The van der Waals surface area contributed by atoms with Crippen LogP contribution in [0.5, 0.6) is 0 Å². The summed E-state index contributed by atoms with van der Waals surface area (Å²) in [6.45, 7) is 4.18. The van der Waals surface area contributed by atoms with Crippen LogP contribution in [0.2, 0.25) is 0 Å². The van der Waals surface area contributed by atoms with Gasteiger partial charge in [-0.15, -0.1) is 0 Å². The summed E-state index contributed by atoms with van der Waals surface area (Å²) >= 11 is 0. The normalized spacial score (nSPS) is 9.76. The van der Waals surface area contributed by atoms with Gasteiger partial charge in [0.2, 0.25) is 0 Å². The summed E-state index contributed by atoms with van der Waals surface area (Å²) in [7, 11) is 0. The molecule has 5 heteroatoms.